The van der Waals surface area contributed by atoms with Crippen molar-refractivity contribution in [2.75, 3.05) is 19.6 Å². The maximum absolute atomic E-state index is 12.5. The number of rotatable bonds is 8. The van der Waals surface area contributed by atoms with E-state index in [-0.39, 0.29) is 18.4 Å². The highest BCUT2D eigenvalue weighted by Crippen LogP contribution is 2.13. The lowest BCUT2D eigenvalue weighted by atomic mass is 10.1. The molecule has 0 aliphatic rings. The Kier molecular flexibility index (Phi) is 7.46. The molecule has 0 saturated carbocycles. The molecule has 0 spiro atoms. The Labute approximate surface area is 126 Å². The van der Waals surface area contributed by atoms with Gasteiger partial charge in [-0.2, -0.15) is 0 Å². The molecule has 116 valence electrons. The zero-order valence-corrected chi connectivity index (χ0v) is 12.8. The van der Waals surface area contributed by atoms with Crippen molar-refractivity contribution in [2.24, 2.45) is 5.73 Å². The van der Waals surface area contributed by atoms with Crippen LogP contribution in [0.2, 0.25) is 0 Å². The smallest absolute Gasteiger partial charge is 0.244 e. The molecule has 1 atom stereocenters. The third-order valence-electron chi connectivity index (χ3n) is 3.14. The standard InChI is InChI=1S/C16H25N3O2/c1-3-10-18-14(20)12-19(11-4-2)16(21)15(17)13-8-6-5-7-9-13/h5-9,15H,3-4,10-12,17H2,1-2H3,(H,18,20)/t15-/m0/s1. The fraction of sp³-hybridized carbons (Fsp3) is 0.500. The summed E-state index contributed by atoms with van der Waals surface area (Å²) in [6.07, 6.45) is 1.66. The first-order chi connectivity index (χ1) is 10.1. The molecule has 1 aromatic carbocycles. The zero-order chi connectivity index (χ0) is 15.7. The number of carbonyl (C=O) groups excluding carboxylic acids is 2. The lowest BCUT2D eigenvalue weighted by Gasteiger charge is -2.25. The van der Waals surface area contributed by atoms with Crippen LogP contribution in [0.1, 0.15) is 38.3 Å². The van der Waals surface area contributed by atoms with Gasteiger partial charge < -0.3 is 16.0 Å². The molecule has 0 bridgehead atoms. The molecule has 0 saturated heterocycles. The van der Waals surface area contributed by atoms with E-state index >= 15 is 0 Å². The first-order valence-corrected chi connectivity index (χ1v) is 7.46. The van der Waals surface area contributed by atoms with Gasteiger partial charge in [-0.25, -0.2) is 0 Å². The first kappa shape index (κ1) is 17.2. The molecule has 0 heterocycles. The van der Waals surface area contributed by atoms with Gasteiger partial charge in [-0.05, 0) is 18.4 Å². The Hall–Kier alpha value is -1.88. The number of carbonyl (C=O) groups is 2. The average molecular weight is 291 g/mol. The molecule has 1 rings (SSSR count). The van der Waals surface area contributed by atoms with Gasteiger partial charge in [0.25, 0.3) is 0 Å². The molecule has 2 amide bonds. The summed E-state index contributed by atoms with van der Waals surface area (Å²) in [7, 11) is 0. The third-order valence-corrected chi connectivity index (χ3v) is 3.14. The van der Waals surface area contributed by atoms with E-state index in [0.717, 1.165) is 18.4 Å². The minimum atomic E-state index is -0.725. The van der Waals surface area contributed by atoms with E-state index in [9.17, 15) is 9.59 Å². The van der Waals surface area contributed by atoms with Gasteiger partial charge in [-0.3, -0.25) is 9.59 Å². The van der Waals surface area contributed by atoms with E-state index in [1.807, 2.05) is 44.2 Å². The molecule has 5 nitrogen and oxygen atoms in total. The molecule has 0 aromatic heterocycles. The van der Waals surface area contributed by atoms with Crippen molar-refractivity contribution in [2.45, 2.75) is 32.7 Å². The summed E-state index contributed by atoms with van der Waals surface area (Å²) >= 11 is 0. The van der Waals surface area contributed by atoms with E-state index in [0.29, 0.717) is 13.1 Å². The molecule has 1 aromatic rings. The second-order valence-electron chi connectivity index (χ2n) is 5.00. The Morgan fingerprint density at radius 3 is 2.43 bits per heavy atom. The van der Waals surface area contributed by atoms with Crippen LogP contribution in [0.5, 0.6) is 0 Å². The molecule has 21 heavy (non-hydrogen) atoms. The zero-order valence-electron chi connectivity index (χ0n) is 12.8. The molecule has 3 N–H and O–H groups in total. The highest BCUT2D eigenvalue weighted by atomic mass is 16.2. The number of benzene rings is 1. The van der Waals surface area contributed by atoms with Crippen molar-refractivity contribution in [3.8, 4) is 0 Å². The van der Waals surface area contributed by atoms with Crippen LogP contribution in [0, 0.1) is 0 Å². The molecular formula is C16H25N3O2. The maximum atomic E-state index is 12.5. The predicted molar refractivity (Wildman–Crippen MR) is 83.5 cm³/mol. The highest BCUT2D eigenvalue weighted by Gasteiger charge is 2.23. The van der Waals surface area contributed by atoms with Gasteiger partial charge in [0.15, 0.2) is 0 Å². The van der Waals surface area contributed by atoms with E-state index in [4.69, 9.17) is 5.73 Å². The Balaban J connectivity index is 2.70. The van der Waals surface area contributed by atoms with Crippen LogP contribution in [0.4, 0.5) is 0 Å². The first-order valence-electron chi connectivity index (χ1n) is 7.46. The lowest BCUT2D eigenvalue weighted by Crippen LogP contribution is -2.45. The minimum Gasteiger partial charge on any atom is -0.355 e. The number of nitrogens with two attached hydrogens (primary N) is 1. The number of amides is 2. The van der Waals surface area contributed by atoms with Crippen molar-refractivity contribution in [3.05, 3.63) is 35.9 Å². The fourth-order valence-corrected chi connectivity index (χ4v) is 2.03. The maximum Gasteiger partial charge on any atom is 0.244 e. The van der Waals surface area contributed by atoms with Crippen LogP contribution in [0.25, 0.3) is 0 Å². The summed E-state index contributed by atoms with van der Waals surface area (Å²) in [6.45, 7) is 5.17. The molecule has 5 heteroatoms. The van der Waals surface area contributed by atoms with Crippen LogP contribution in [-0.4, -0.2) is 36.3 Å². The lowest BCUT2D eigenvalue weighted by molar-refractivity contribution is -0.137. The summed E-state index contributed by atoms with van der Waals surface area (Å²) in [5.41, 5.74) is 6.78. The van der Waals surface area contributed by atoms with Crippen molar-refractivity contribution in [1.29, 1.82) is 0 Å². The normalized spacial score (nSPS) is 11.8. The van der Waals surface area contributed by atoms with Gasteiger partial charge in [-0.15, -0.1) is 0 Å². The average Bonchev–Trinajstić information content (AvgIpc) is 2.52. The third kappa shape index (κ3) is 5.55. The predicted octanol–water partition coefficient (Wildman–Crippen LogP) is 1.45. The fourth-order valence-electron chi connectivity index (χ4n) is 2.03. The summed E-state index contributed by atoms with van der Waals surface area (Å²) in [5, 5.41) is 2.78. The van der Waals surface area contributed by atoms with Crippen molar-refractivity contribution in [1.82, 2.24) is 10.2 Å². The molecule has 0 radical (unpaired) electrons. The van der Waals surface area contributed by atoms with Gasteiger partial charge in [-0.1, -0.05) is 44.2 Å². The van der Waals surface area contributed by atoms with Gasteiger partial charge in [0.05, 0.1) is 6.54 Å². The summed E-state index contributed by atoms with van der Waals surface area (Å²) < 4.78 is 0. The monoisotopic (exact) mass is 291 g/mol. The van der Waals surface area contributed by atoms with Crippen LogP contribution < -0.4 is 11.1 Å². The van der Waals surface area contributed by atoms with E-state index in [1.165, 1.54) is 4.90 Å². The molecule has 0 fully saturated rings. The van der Waals surface area contributed by atoms with Crippen molar-refractivity contribution < 1.29 is 9.59 Å². The Morgan fingerprint density at radius 2 is 1.86 bits per heavy atom. The number of hydrogen-bond acceptors (Lipinski definition) is 3. The summed E-state index contributed by atoms with van der Waals surface area (Å²) in [4.78, 5) is 25.8. The second kappa shape index (κ2) is 9.13. The largest absolute Gasteiger partial charge is 0.355 e. The molecule has 0 aliphatic heterocycles. The van der Waals surface area contributed by atoms with Gasteiger partial charge in [0.2, 0.25) is 11.8 Å². The quantitative estimate of drug-likeness (QED) is 0.761. The Bertz CT molecular complexity index is 448. The van der Waals surface area contributed by atoms with Gasteiger partial charge >= 0.3 is 0 Å². The van der Waals surface area contributed by atoms with Gasteiger partial charge in [0, 0.05) is 13.1 Å². The molecular weight excluding hydrogens is 266 g/mol. The summed E-state index contributed by atoms with van der Waals surface area (Å²) in [6, 6.07) is 8.49. The van der Waals surface area contributed by atoms with Crippen molar-refractivity contribution in [3.63, 3.8) is 0 Å². The van der Waals surface area contributed by atoms with E-state index in [2.05, 4.69) is 5.32 Å². The van der Waals surface area contributed by atoms with Crippen LogP contribution in [0.3, 0.4) is 0 Å². The van der Waals surface area contributed by atoms with Crippen LogP contribution >= 0.6 is 0 Å². The van der Waals surface area contributed by atoms with Gasteiger partial charge in [0.1, 0.15) is 6.04 Å². The topological polar surface area (TPSA) is 75.4 Å². The number of nitrogens with zero attached hydrogens (tertiary/aromatic N) is 1. The number of nitrogens with one attached hydrogen (secondary N) is 1. The number of hydrogen-bond donors (Lipinski definition) is 2. The van der Waals surface area contributed by atoms with E-state index < -0.39 is 6.04 Å². The SMILES string of the molecule is CCCNC(=O)CN(CCC)C(=O)[C@@H](N)c1ccccc1. The van der Waals surface area contributed by atoms with Crippen LogP contribution in [-0.2, 0) is 9.59 Å². The minimum absolute atomic E-state index is 0.0627. The van der Waals surface area contributed by atoms with Crippen molar-refractivity contribution >= 4 is 11.8 Å². The molecule has 0 aliphatic carbocycles. The molecule has 0 unspecified atom stereocenters. The second-order valence-corrected chi connectivity index (χ2v) is 5.00. The highest BCUT2D eigenvalue weighted by molar-refractivity contribution is 5.88. The summed E-state index contributed by atoms with van der Waals surface area (Å²) in [5.74, 6) is -0.353. The van der Waals surface area contributed by atoms with E-state index in [1.54, 1.807) is 0 Å². The Morgan fingerprint density at radius 1 is 1.19 bits per heavy atom. The van der Waals surface area contributed by atoms with Crippen LogP contribution in [0.15, 0.2) is 30.3 Å².